The fourth-order valence-corrected chi connectivity index (χ4v) is 5.78. The smallest absolute Gasteiger partial charge is 0.348 e. The van der Waals surface area contributed by atoms with Crippen molar-refractivity contribution in [2.24, 2.45) is 0 Å². The van der Waals surface area contributed by atoms with E-state index in [9.17, 15) is 13.2 Å². The largest absolute Gasteiger partial charge is 0.496 e. The molecule has 0 unspecified atom stereocenters. The molecule has 0 radical (unpaired) electrons. The van der Waals surface area contributed by atoms with Gasteiger partial charge in [-0.15, -0.1) is 11.3 Å². The number of allylic oxidation sites excluding steroid dienone is 1. The SMILES string of the molecule is CCS(=O)(=O)Oc1ccc(-c2ccc3c(c2COC(=O)c2ccc(C)s2)C(C)=CC(C)(C)N3)c(OC)c1. The van der Waals surface area contributed by atoms with Gasteiger partial charge < -0.3 is 19.0 Å². The zero-order valence-corrected chi connectivity index (χ0v) is 23.4. The Labute approximate surface area is 222 Å². The molecule has 0 aliphatic carbocycles. The van der Waals surface area contributed by atoms with Crippen LogP contribution in [0.25, 0.3) is 16.7 Å². The van der Waals surface area contributed by atoms with Crippen LogP contribution in [-0.2, 0) is 21.5 Å². The fraction of sp³-hybridized carbons (Fsp3) is 0.321. The number of anilines is 1. The Balaban J connectivity index is 1.81. The Morgan fingerprint density at radius 2 is 1.78 bits per heavy atom. The molecule has 3 aromatic rings. The third kappa shape index (κ3) is 5.83. The number of ether oxygens (including phenoxy) is 2. The predicted octanol–water partition coefficient (Wildman–Crippen LogP) is 6.43. The van der Waals surface area contributed by atoms with Crippen molar-refractivity contribution in [3.63, 3.8) is 0 Å². The number of nitrogens with one attached hydrogen (secondary N) is 1. The van der Waals surface area contributed by atoms with Crippen LogP contribution in [0.4, 0.5) is 5.69 Å². The maximum Gasteiger partial charge on any atom is 0.348 e. The molecular formula is C28H31NO6S2. The molecule has 2 heterocycles. The fourth-order valence-electron chi connectivity index (χ4n) is 4.51. The molecule has 0 amide bonds. The molecule has 0 spiro atoms. The van der Waals surface area contributed by atoms with Crippen LogP contribution in [0.5, 0.6) is 11.5 Å². The second-order valence-electron chi connectivity index (χ2n) is 9.47. The first kappa shape index (κ1) is 26.8. The van der Waals surface area contributed by atoms with Gasteiger partial charge in [-0.2, -0.15) is 8.42 Å². The molecule has 0 saturated carbocycles. The Bertz CT molecular complexity index is 1480. The second kappa shape index (κ2) is 10.2. The third-order valence-electron chi connectivity index (χ3n) is 6.07. The highest BCUT2D eigenvalue weighted by molar-refractivity contribution is 7.87. The summed E-state index contributed by atoms with van der Waals surface area (Å²) in [5.74, 6) is 0.0839. The molecule has 0 fully saturated rings. The van der Waals surface area contributed by atoms with Crippen molar-refractivity contribution in [2.75, 3.05) is 18.2 Å². The standard InChI is InChI=1S/C28H31NO6S2/c1-7-37(31,32)35-19-9-10-21(24(14-19)33-6)20-11-12-23-26(17(2)15-28(4,5)29-23)22(20)16-34-27(30)25-13-8-18(3)36-25/h8-15,29H,7,16H2,1-6H3. The molecule has 0 bridgehead atoms. The molecule has 1 N–H and O–H groups in total. The summed E-state index contributed by atoms with van der Waals surface area (Å²) in [5.41, 5.74) is 5.09. The number of carbonyl (C=O) groups excluding carboxylic acids is 1. The van der Waals surface area contributed by atoms with Gasteiger partial charge in [0.2, 0.25) is 0 Å². The van der Waals surface area contributed by atoms with E-state index in [0.717, 1.165) is 38.4 Å². The van der Waals surface area contributed by atoms with Crippen LogP contribution in [0, 0.1) is 6.92 Å². The predicted molar refractivity (Wildman–Crippen MR) is 148 cm³/mol. The summed E-state index contributed by atoms with van der Waals surface area (Å²) in [6.45, 7) is 9.75. The lowest BCUT2D eigenvalue weighted by Crippen LogP contribution is -2.32. The summed E-state index contributed by atoms with van der Waals surface area (Å²) in [4.78, 5) is 14.4. The summed E-state index contributed by atoms with van der Waals surface area (Å²) in [7, 11) is -2.17. The van der Waals surface area contributed by atoms with Gasteiger partial charge in [-0.3, -0.25) is 0 Å². The van der Waals surface area contributed by atoms with Crippen LogP contribution in [0.2, 0.25) is 0 Å². The van der Waals surface area contributed by atoms with Crippen molar-refractivity contribution in [2.45, 2.75) is 46.8 Å². The number of benzene rings is 2. The quantitative estimate of drug-likeness (QED) is 0.260. The number of aryl methyl sites for hydroxylation is 1. The molecule has 1 aliphatic rings. The topological polar surface area (TPSA) is 90.9 Å². The summed E-state index contributed by atoms with van der Waals surface area (Å²) in [6.07, 6.45) is 2.15. The van der Waals surface area contributed by atoms with Crippen molar-refractivity contribution in [3.05, 3.63) is 69.4 Å². The lowest BCUT2D eigenvalue weighted by atomic mass is 9.85. The van der Waals surface area contributed by atoms with Gasteiger partial charge >= 0.3 is 16.1 Å². The molecule has 1 aromatic heterocycles. The number of thiophene rings is 1. The second-order valence-corrected chi connectivity index (χ2v) is 12.6. The van der Waals surface area contributed by atoms with E-state index >= 15 is 0 Å². The number of rotatable bonds is 8. The lowest BCUT2D eigenvalue weighted by molar-refractivity contribution is 0.0479. The normalized spacial score (nSPS) is 14.3. The number of carbonyl (C=O) groups is 1. The van der Waals surface area contributed by atoms with Gasteiger partial charge in [0.15, 0.2) is 0 Å². The first-order valence-corrected chi connectivity index (χ1v) is 14.3. The third-order valence-corrected chi connectivity index (χ3v) is 8.20. The zero-order valence-electron chi connectivity index (χ0n) is 21.8. The van der Waals surface area contributed by atoms with Crippen LogP contribution in [-0.4, -0.2) is 32.8 Å². The molecule has 4 rings (SSSR count). The number of fused-ring (bicyclic) bond motifs is 1. The van der Waals surface area contributed by atoms with Crippen LogP contribution < -0.4 is 14.2 Å². The molecule has 37 heavy (non-hydrogen) atoms. The van der Waals surface area contributed by atoms with Crippen molar-refractivity contribution >= 4 is 38.7 Å². The highest BCUT2D eigenvalue weighted by atomic mass is 32.2. The van der Waals surface area contributed by atoms with Crippen LogP contribution in [0.15, 0.2) is 48.5 Å². The van der Waals surface area contributed by atoms with Crippen molar-refractivity contribution in [3.8, 4) is 22.6 Å². The molecule has 0 saturated heterocycles. The lowest BCUT2D eigenvalue weighted by Gasteiger charge is -2.33. The first-order chi connectivity index (χ1) is 17.4. The van der Waals surface area contributed by atoms with Crippen molar-refractivity contribution < 1.29 is 26.9 Å². The summed E-state index contributed by atoms with van der Waals surface area (Å²) in [5, 5.41) is 3.55. The van der Waals surface area contributed by atoms with E-state index in [2.05, 4.69) is 25.2 Å². The summed E-state index contributed by atoms with van der Waals surface area (Å²) >= 11 is 1.39. The van der Waals surface area contributed by atoms with E-state index in [-0.39, 0.29) is 29.6 Å². The Morgan fingerprint density at radius 1 is 1.05 bits per heavy atom. The van der Waals surface area contributed by atoms with E-state index in [1.54, 1.807) is 24.3 Å². The van der Waals surface area contributed by atoms with E-state index in [1.165, 1.54) is 25.4 Å². The van der Waals surface area contributed by atoms with Gasteiger partial charge in [-0.1, -0.05) is 12.1 Å². The molecule has 2 aromatic carbocycles. The van der Waals surface area contributed by atoms with E-state index in [0.29, 0.717) is 10.6 Å². The van der Waals surface area contributed by atoms with Gasteiger partial charge in [-0.25, -0.2) is 4.79 Å². The van der Waals surface area contributed by atoms with Gasteiger partial charge in [0.05, 0.1) is 18.4 Å². The van der Waals surface area contributed by atoms with Crippen LogP contribution in [0.3, 0.4) is 0 Å². The highest BCUT2D eigenvalue weighted by Crippen LogP contribution is 2.43. The van der Waals surface area contributed by atoms with E-state index in [4.69, 9.17) is 13.7 Å². The summed E-state index contributed by atoms with van der Waals surface area (Å²) in [6, 6.07) is 12.5. The van der Waals surface area contributed by atoms with Gasteiger partial charge in [0.25, 0.3) is 0 Å². The van der Waals surface area contributed by atoms with Gasteiger partial charge in [-0.05, 0) is 76.1 Å². The minimum absolute atomic E-state index is 0.0488. The minimum atomic E-state index is -3.68. The molecule has 9 heteroatoms. The van der Waals surface area contributed by atoms with Crippen molar-refractivity contribution in [1.29, 1.82) is 0 Å². The molecule has 1 aliphatic heterocycles. The Hall–Kier alpha value is -3.30. The molecule has 7 nitrogen and oxygen atoms in total. The molecule has 0 atom stereocenters. The van der Waals surface area contributed by atoms with Gasteiger partial charge in [0, 0.05) is 33.3 Å². The number of methoxy groups -OCH3 is 1. The number of esters is 1. The van der Waals surface area contributed by atoms with Crippen molar-refractivity contribution in [1.82, 2.24) is 0 Å². The zero-order chi connectivity index (χ0) is 27.0. The van der Waals surface area contributed by atoms with Crippen LogP contribution in [0.1, 0.15) is 53.4 Å². The first-order valence-electron chi connectivity index (χ1n) is 11.9. The van der Waals surface area contributed by atoms with Gasteiger partial charge in [0.1, 0.15) is 23.0 Å². The Kier molecular flexibility index (Phi) is 7.39. The van der Waals surface area contributed by atoms with Crippen LogP contribution >= 0.6 is 11.3 Å². The van der Waals surface area contributed by atoms with E-state index < -0.39 is 10.1 Å². The maximum atomic E-state index is 12.8. The average molecular weight is 542 g/mol. The molecular weight excluding hydrogens is 510 g/mol. The van der Waals surface area contributed by atoms with E-state index in [1.807, 2.05) is 32.0 Å². The molecule has 196 valence electrons. The minimum Gasteiger partial charge on any atom is -0.496 e. The maximum absolute atomic E-state index is 12.8. The number of hydrogen-bond acceptors (Lipinski definition) is 8. The Morgan fingerprint density at radius 3 is 2.43 bits per heavy atom. The highest BCUT2D eigenvalue weighted by Gasteiger charge is 2.27. The monoisotopic (exact) mass is 541 g/mol. The average Bonchev–Trinajstić information content (AvgIpc) is 3.27. The summed E-state index contributed by atoms with van der Waals surface area (Å²) < 4.78 is 40.6. The number of hydrogen-bond donors (Lipinski definition) is 1.